The van der Waals surface area contributed by atoms with Crippen molar-refractivity contribution in [2.24, 2.45) is 5.92 Å². The van der Waals surface area contributed by atoms with Gasteiger partial charge in [-0.3, -0.25) is 4.79 Å². The molecule has 1 aliphatic heterocycles. The van der Waals surface area contributed by atoms with E-state index in [0.29, 0.717) is 16.0 Å². The number of allylic oxidation sites excluding steroid dienone is 4. The zero-order valence-electron chi connectivity index (χ0n) is 11.7. The van der Waals surface area contributed by atoms with Crippen molar-refractivity contribution in [3.8, 4) is 0 Å². The van der Waals surface area contributed by atoms with Gasteiger partial charge in [0.2, 0.25) is 0 Å². The van der Waals surface area contributed by atoms with Gasteiger partial charge in [-0.15, -0.1) is 9.76 Å². The number of benzene rings is 1. The second-order valence-electron chi connectivity index (χ2n) is 5.13. The maximum Gasteiger partial charge on any atom is 0.189 e. The van der Waals surface area contributed by atoms with Crippen molar-refractivity contribution < 1.29 is 9.00 Å². The fraction of sp³-hybridized carbons (Fsp3) is 0.294. The van der Waals surface area contributed by atoms with Gasteiger partial charge in [-0.1, -0.05) is 49.8 Å². The van der Waals surface area contributed by atoms with Crippen LogP contribution in [0.1, 0.15) is 37.0 Å². The molecule has 0 amide bonds. The fourth-order valence-electron chi connectivity index (χ4n) is 2.86. The van der Waals surface area contributed by atoms with Gasteiger partial charge in [0.25, 0.3) is 0 Å². The molecule has 0 saturated carbocycles. The Hall–Kier alpha value is -1.61. The number of carbonyl (C=O) groups is 1. The van der Waals surface area contributed by atoms with E-state index in [1.807, 2.05) is 18.2 Å². The summed E-state index contributed by atoms with van der Waals surface area (Å²) in [7, 11) is -1.22. The molecule has 104 valence electrons. The Bertz CT molecular complexity index is 731. The second-order valence-corrected chi connectivity index (χ2v) is 6.54. The summed E-state index contributed by atoms with van der Waals surface area (Å²) in [6, 6.07) is 7.25. The van der Waals surface area contributed by atoms with Crippen LogP contribution in [0.2, 0.25) is 0 Å². The zero-order chi connectivity index (χ0) is 14.3. The number of rotatable bonds is 2. The first-order valence-electron chi connectivity index (χ1n) is 7.02. The van der Waals surface area contributed by atoms with E-state index in [-0.39, 0.29) is 11.7 Å². The summed E-state index contributed by atoms with van der Waals surface area (Å²) in [5.41, 5.74) is 2.42. The lowest BCUT2D eigenvalue weighted by molar-refractivity contribution is 0.103. The number of carbonyl (C=O) groups excluding carboxylic acids is 1. The molecule has 3 rings (SSSR count). The molecular weight excluding hydrogens is 268 g/mol. The lowest BCUT2D eigenvalue weighted by atomic mass is 9.84. The number of hydrogen-bond donors (Lipinski definition) is 0. The van der Waals surface area contributed by atoms with Crippen LogP contribution in [0.15, 0.2) is 52.5 Å². The first kappa shape index (κ1) is 13.4. The molecule has 1 aromatic rings. The molecule has 2 aliphatic rings. The van der Waals surface area contributed by atoms with E-state index < -0.39 is 10.4 Å². The number of ketones is 1. The highest BCUT2D eigenvalue weighted by Crippen LogP contribution is 2.32. The molecule has 0 spiro atoms. The highest BCUT2D eigenvalue weighted by molar-refractivity contribution is 7.85. The Morgan fingerprint density at radius 2 is 1.95 bits per heavy atom. The smallest absolute Gasteiger partial charge is 0.189 e. The van der Waals surface area contributed by atoms with Gasteiger partial charge < -0.3 is 4.21 Å². The second kappa shape index (κ2) is 5.06. The standard InChI is InChI=1S/C17H17O2S/c1-3-11-9-12(4-2)17-14(10-11)16(18)13-7-5-6-8-15(13)20(17)19/h5-10,12H,3-4H2,1-2H3/q-1. The average molecular weight is 285 g/mol. The van der Waals surface area contributed by atoms with E-state index in [9.17, 15) is 9.00 Å². The molecule has 0 bridgehead atoms. The minimum atomic E-state index is -1.22. The predicted octanol–water partition coefficient (Wildman–Crippen LogP) is 3.68. The molecule has 1 aromatic carbocycles. The molecule has 0 aromatic heterocycles. The van der Waals surface area contributed by atoms with Crippen molar-refractivity contribution in [2.45, 2.75) is 31.6 Å². The van der Waals surface area contributed by atoms with Crippen LogP contribution in [0.4, 0.5) is 0 Å². The molecule has 0 saturated heterocycles. The molecule has 2 nitrogen and oxygen atoms in total. The topological polar surface area (TPSA) is 34.1 Å². The molecular formula is C17H17O2S-. The van der Waals surface area contributed by atoms with Crippen molar-refractivity contribution in [2.75, 3.05) is 0 Å². The lowest BCUT2D eigenvalue weighted by Crippen LogP contribution is -2.29. The van der Waals surface area contributed by atoms with Crippen LogP contribution in [0.3, 0.4) is 0 Å². The summed E-state index contributed by atoms with van der Waals surface area (Å²) in [5, 5.41) is 0. The van der Waals surface area contributed by atoms with Gasteiger partial charge in [0, 0.05) is 11.1 Å². The average Bonchev–Trinajstić information content (AvgIpc) is 2.51. The van der Waals surface area contributed by atoms with Gasteiger partial charge in [0.1, 0.15) is 0 Å². The highest BCUT2D eigenvalue weighted by Gasteiger charge is 2.26. The number of hydrogen-bond acceptors (Lipinski definition) is 3. The van der Waals surface area contributed by atoms with Gasteiger partial charge in [-0.2, -0.15) is 0 Å². The summed E-state index contributed by atoms with van der Waals surface area (Å²) in [5.74, 6) is 0.135. The van der Waals surface area contributed by atoms with E-state index in [4.69, 9.17) is 0 Å². The van der Waals surface area contributed by atoms with Crippen LogP contribution < -0.4 is 0 Å². The molecule has 1 aliphatic carbocycles. The van der Waals surface area contributed by atoms with Gasteiger partial charge in [-0.25, -0.2) is 10.4 Å². The summed E-state index contributed by atoms with van der Waals surface area (Å²) in [4.78, 5) is 14.1. The van der Waals surface area contributed by atoms with E-state index in [1.165, 1.54) is 5.57 Å². The van der Waals surface area contributed by atoms with Crippen LogP contribution in [-0.4, -0.2) is 10.6 Å². The lowest BCUT2D eigenvalue weighted by Gasteiger charge is -2.34. The highest BCUT2D eigenvalue weighted by atomic mass is 32.2. The SMILES string of the molecule is CCC1=CC(CC)C2=[S-](=O)c3ccccc3C(=O)C2=C1. The van der Waals surface area contributed by atoms with Gasteiger partial charge in [0.15, 0.2) is 5.78 Å². The molecule has 3 heteroatoms. The maximum atomic E-state index is 12.8. The van der Waals surface area contributed by atoms with E-state index in [1.54, 1.807) is 12.1 Å². The van der Waals surface area contributed by atoms with E-state index in [2.05, 4.69) is 19.9 Å². The van der Waals surface area contributed by atoms with E-state index >= 15 is 0 Å². The summed E-state index contributed by atoms with van der Waals surface area (Å²) >= 11 is 0. The van der Waals surface area contributed by atoms with Crippen LogP contribution in [0.25, 0.3) is 0 Å². The van der Waals surface area contributed by atoms with Crippen LogP contribution in [0, 0.1) is 5.92 Å². The molecule has 1 heterocycles. The first-order valence-corrected chi connectivity index (χ1v) is 8.17. The van der Waals surface area contributed by atoms with Crippen LogP contribution >= 0.6 is 0 Å². The third-order valence-electron chi connectivity index (χ3n) is 3.97. The van der Waals surface area contributed by atoms with Crippen molar-refractivity contribution in [1.29, 1.82) is 0 Å². The summed E-state index contributed by atoms with van der Waals surface area (Å²) in [6.45, 7) is 4.16. The van der Waals surface area contributed by atoms with Gasteiger partial charge >= 0.3 is 0 Å². The largest absolute Gasteiger partial charge is 0.457 e. The Morgan fingerprint density at radius 1 is 1.20 bits per heavy atom. The zero-order valence-corrected chi connectivity index (χ0v) is 12.5. The summed E-state index contributed by atoms with van der Waals surface area (Å²) < 4.78 is 12.8. The third-order valence-corrected chi connectivity index (χ3v) is 5.65. The van der Waals surface area contributed by atoms with E-state index in [0.717, 1.165) is 17.7 Å². The van der Waals surface area contributed by atoms with Crippen LogP contribution in [0.5, 0.6) is 0 Å². The van der Waals surface area contributed by atoms with Crippen molar-refractivity contribution in [3.05, 3.63) is 53.1 Å². The molecule has 20 heavy (non-hydrogen) atoms. The molecule has 0 radical (unpaired) electrons. The van der Waals surface area contributed by atoms with Gasteiger partial charge in [-0.05, 0) is 24.8 Å². The normalized spacial score (nSPS) is 22.0. The molecule has 1 unspecified atom stereocenters. The Balaban J connectivity index is 2.30. The maximum absolute atomic E-state index is 12.8. The number of fused-ring (bicyclic) bond motifs is 2. The molecule has 1 atom stereocenters. The predicted molar refractivity (Wildman–Crippen MR) is 82.3 cm³/mol. The van der Waals surface area contributed by atoms with Crippen molar-refractivity contribution in [1.82, 2.24) is 0 Å². The minimum Gasteiger partial charge on any atom is -0.457 e. The van der Waals surface area contributed by atoms with Crippen molar-refractivity contribution >= 4 is 21.0 Å². The Kier molecular flexibility index (Phi) is 3.38. The van der Waals surface area contributed by atoms with Crippen molar-refractivity contribution in [3.63, 3.8) is 0 Å². The van der Waals surface area contributed by atoms with Gasteiger partial charge in [0.05, 0.1) is 0 Å². The number of Topliss-reactive ketones (excluding diaryl/α,β-unsaturated/α-hetero) is 1. The third kappa shape index (κ3) is 1.88. The fourth-order valence-corrected chi connectivity index (χ4v) is 4.52. The summed E-state index contributed by atoms with van der Waals surface area (Å²) in [6.07, 6.45) is 5.86. The molecule has 0 fully saturated rings. The molecule has 0 N–H and O–H groups in total. The Labute approximate surface area is 121 Å². The Morgan fingerprint density at radius 3 is 2.65 bits per heavy atom. The van der Waals surface area contributed by atoms with Crippen LogP contribution in [-0.2, 0) is 14.6 Å². The monoisotopic (exact) mass is 285 g/mol. The quantitative estimate of drug-likeness (QED) is 0.613. The first-order chi connectivity index (χ1) is 9.67. The minimum absolute atomic E-state index is 0.0210.